The molecule has 0 aliphatic carbocycles. The second kappa shape index (κ2) is 6.49. The van der Waals surface area contributed by atoms with Crippen molar-refractivity contribution in [2.24, 2.45) is 0 Å². The summed E-state index contributed by atoms with van der Waals surface area (Å²) in [6.45, 7) is 2.10. The average Bonchev–Trinajstić information content (AvgIpc) is 2.29. The first-order chi connectivity index (χ1) is 8.47. The predicted octanol–water partition coefficient (Wildman–Crippen LogP) is 1.94. The Morgan fingerprint density at radius 2 is 2.00 bits per heavy atom. The van der Waals surface area contributed by atoms with Crippen molar-refractivity contribution in [3.63, 3.8) is 0 Å². The lowest BCUT2D eigenvalue weighted by Gasteiger charge is -2.06. The number of carbonyl (C=O) groups excluding carboxylic acids is 1. The minimum absolute atomic E-state index is 0.183. The van der Waals surface area contributed by atoms with Crippen LogP contribution in [0.1, 0.15) is 19.8 Å². The van der Waals surface area contributed by atoms with Gasteiger partial charge in [-0.2, -0.15) is 0 Å². The van der Waals surface area contributed by atoms with Crippen LogP contribution in [0.2, 0.25) is 0 Å². The van der Waals surface area contributed by atoms with Crippen LogP contribution < -0.4 is 0 Å². The van der Waals surface area contributed by atoms with Crippen LogP contribution in [-0.2, 0) is 19.4 Å². The average molecular weight is 274 g/mol. The van der Waals surface area contributed by atoms with Gasteiger partial charge in [0.1, 0.15) is 10.7 Å². The van der Waals surface area contributed by atoms with Crippen LogP contribution in [0.5, 0.6) is 0 Å². The van der Waals surface area contributed by atoms with Crippen molar-refractivity contribution in [2.75, 3.05) is 12.4 Å². The van der Waals surface area contributed by atoms with Crippen molar-refractivity contribution in [3.8, 4) is 0 Å². The lowest BCUT2D eigenvalue weighted by atomic mass is 10.3. The molecule has 6 heteroatoms. The summed E-state index contributed by atoms with van der Waals surface area (Å²) in [6, 6.07) is 4.95. The van der Waals surface area contributed by atoms with Gasteiger partial charge in [-0.3, -0.25) is 4.79 Å². The number of hydrogen-bond acceptors (Lipinski definition) is 4. The highest BCUT2D eigenvalue weighted by Crippen LogP contribution is 2.15. The molecule has 0 saturated heterocycles. The number of rotatable bonds is 6. The lowest BCUT2D eigenvalue weighted by molar-refractivity contribution is -0.140. The molecule has 18 heavy (non-hydrogen) atoms. The molecule has 1 aromatic rings. The van der Waals surface area contributed by atoms with E-state index in [1.807, 2.05) is 6.92 Å². The highest BCUT2D eigenvalue weighted by atomic mass is 32.2. The largest absolute Gasteiger partial charge is 0.465 e. The predicted molar refractivity (Wildman–Crippen MR) is 64.3 cm³/mol. The fourth-order valence-electron chi connectivity index (χ4n) is 1.30. The third-order valence-corrected chi connectivity index (χ3v) is 3.86. The van der Waals surface area contributed by atoms with Gasteiger partial charge in [-0.1, -0.05) is 25.5 Å². The summed E-state index contributed by atoms with van der Waals surface area (Å²) < 4.78 is 41.6. The number of carbonyl (C=O) groups is 1. The van der Waals surface area contributed by atoms with Crippen LogP contribution in [0.3, 0.4) is 0 Å². The molecular formula is C12H15FO4S. The van der Waals surface area contributed by atoms with E-state index in [-0.39, 0.29) is 6.61 Å². The summed E-state index contributed by atoms with van der Waals surface area (Å²) in [4.78, 5) is 10.8. The van der Waals surface area contributed by atoms with Crippen molar-refractivity contribution in [1.29, 1.82) is 0 Å². The topological polar surface area (TPSA) is 60.4 Å². The highest BCUT2D eigenvalue weighted by molar-refractivity contribution is 7.92. The van der Waals surface area contributed by atoms with Gasteiger partial charge in [-0.05, 0) is 18.6 Å². The number of unbranched alkanes of at least 4 members (excludes halogenated alkanes) is 1. The molecule has 0 N–H and O–H groups in total. The summed E-state index contributed by atoms with van der Waals surface area (Å²) >= 11 is 0. The van der Waals surface area contributed by atoms with Gasteiger partial charge in [-0.25, -0.2) is 12.8 Å². The summed E-state index contributed by atoms with van der Waals surface area (Å²) in [7, 11) is -3.98. The molecule has 0 spiro atoms. The van der Waals surface area contributed by atoms with Crippen LogP contribution in [0.4, 0.5) is 4.39 Å². The Hall–Kier alpha value is -1.43. The monoisotopic (exact) mass is 274 g/mol. The molecule has 1 rings (SSSR count). The minimum Gasteiger partial charge on any atom is -0.465 e. The SMILES string of the molecule is CCCCOC(=O)CS(=O)(=O)c1ccccc1F. The second-order valence-electron chi connectivity index (χ2n) is 3.76. The van der Waals surface area contributed by atoms with Gasteiger partial charge in [0.25, 0.3) is 0 Å². The fourth-order valence-corrected chi connectivity index (χ4v) is 2.50. The minimum atomic E-state index is -3.98. The Kier molecular flexibility index (Phi) is 5.27. The molecular weight excluding hydrogens is 259 g/mol. The lowest BCUT2D eigenvalue weighted by Crippen LogP contribution is -2.20. The van der Waals surface area contributed by atoms with Gasteiger partial charge in [0, 0.05) is 0 Å². The van der Waals surface area contributed by atoms with E-state index in [9.17, 15) is 17.6 Å². The standard InChI is InChI=1S/C12H15FO4S/c1-2-3-8-17-12(14)9-18(15,16)11-7-5-4-6-10(11)13/h4-7H,2-3,8-9H2,1H3. The van der Waals surface area contributed by atoms with Crippen molar-refractivity contribution < 1.29 is 22.3 Å². The first-order valence-electron chi connectivity index (χ1n) is 5.60. The Morgan fingerprint density at radius 1 is 1.33 bits per heavy atom. The van der Waals surface area contributed by atoms with E-state index in [1.165, 1.54) is 12.1 Å². The van der Waals surface area contributed by atoms with Crippen molar-refractivity contribution in [1.82, 2.24) is 0 Å². The van der Waals surface area contributed by atoms with E-state index < -0.39 is 32.3 Å². The smallest absolute Gasteiger partial charge is 0.321 e. The highest BCUT2D eigenvalue weighted by Gasteiger charge is 2.23. The zero-order valence-corrected chi connectivity index (χ0v) is 10.9. The van der Waals surface area contributed by atoms with Gasteiger partial charge in [0.15, 0.2) is 15.6 Å². The zero-order valence-electron chi connectivity index (χ0n) is 10.1. The van der Waals surface area contributed by atoms with E-state index in [4.69, 9.17) is 4.74 Å². The molecule has 0 unspecified atom stereocenters. The summed E-state index contributed by atoms with van der Waals surface area (Å²) in [5.74, 6) is -2.55. The van der Waals surface area contributed by atoms with Crippen molar-refractivity contribution in [3.05, 3.63) is 30.1 Å². The Balaban J connectivity index is 2.71. The zero-order chi connectivity index (χ0) is 13.6. The van der Waals surface area contributed by atoms with Gasteiger partial charge < -0.3 is 4.74 Å². The van der Waals surface area contributed by atoms with E-state index >= 15 is 0 Å². The maximum Gasteiger partial charge on any atom is 0.321 e. The molecule has 0 radical (unpaired) electrons. The molecule has 0 atom stereocenters. The number of esters is 1. The number of benzene rings is 1. The van der Waals surface area contributed by atoms with Crippen LogP contribution in [0.25, 0.3) is 0 Å². The number of ether oxygens (including phenoxy) is 1. The molecule has 0 saturated carbocycles. The summed E-state index contributed by atoms with van der Waals surface area (Å²) in [5.41, 5.74) is 0. The van der Waals surface area contributed by atoms with Gasteiger partial charge in [-0.15, -0.1) is 0 Å². The second-order valence-corrected chi connectivity index (χ2v) is 5.72. The molecule has 0 aliphatic heterocycles. The Bertz CT molecular complexity index is 511. The first-order valence-corrected chi connectivity index (χ1v) is 7.25. The van der Waals surface area contributed by atoms with Gasteiger partial charge in [0.2, 0.25) is 0 Å². The third-order valence-electron chi connectivity index (χ3n) is 2.24. The first kappa shape index (κ1) is 14.6. The maximum absolute atomic E-state index is 13.3. The quantitative estimate of drug-likeness (QED) is 0.587. The van der Waals surface area contributed by atoms with Crippen molar-refractivity contribution in [2.45, 2.75) is 24.7 Å². The molecule has 0 aromatic heterocycles. The van der Waals surface area contributed by atoms with Gasteiger partial charge in [0.05, 0.1) is 6.61 Å². The molecule has 100 valence electrons. The molecule has 0 amide bonds. The fraction of sp³-hybridized carbons (Fsp3) is 0.417. The van der Waals surface area contributed by atoms with Gasteiger partial charge >= 0.3 is 5.97 Å². The molecule has 0 aliphatic rings. The normalized spacial score (nSPS) is 11.2. The Labute approximate surface area is 106 Å². The van der Waals surface area contributed by atoms with E-state index in [2.05, 4.69) is 0 Å². The van der Waals surface area contributed by atoms with Crippen LogP contribution in [0.15, 0.2) is 29.2 Å². The van der Waals surface area contributed by atoms with Crippen LogP contribution in [-0.4, -0.2) is 26.7 Å². The third kappa shape index (κ3) is 4.10. The Morgan fingerprint density at radius 3 is 2.61 bits per heavy atom. The number of sulfone groups is 1. The van der Waals surface area contributed by atoms with E-state index in [0.717, 1.165) is 18.6 Å². The van der Waals surface area contributed by atoms with Crippen LogP contribution >= 0.6 is 0 Å². The molecule has 0 bridgehead atoms. The molecule has 0 fully saturated rings. The molecule has 0 heterocycles. The van der Waals surface area contributed by atoms with Crippen LogP contribution in [0, 0.1) is 5.82 Å². The van der Waals surface area contributed by atoms with Crippen molar-refractivity contribution >= 4 is 15.8 Å². The number of hydrogen-bond donors (Lipinski definition) is 0. The molecule has 1 aromatic carbocycles. The number of halogens is 1. The summed E-state index contributed by atoms with van der Waals surface area (Å²) in [6.07, 6.45) is 1.51. The summed E-state index contributed by atoms with van der Waals surface area (Å²) in [5, 5.41) is 0. The maximum atomic E-state index is 13.3. The van der Waals surface area contributed by atoms with E-state index in [0.29, 0.717) is 6.42 Å². The van der Waals surface area contributed by atoms with E-state index in [1.54, 1.807) is 0 Å². The molecule has 4 nitrogen and oxygen atoms in total.